The fourth-order valence-corrected chi connectivity index (χ4v) is 2.29. The number of aromatic nitrogens is 2. The quantitative estimate of drug-likeness (QED) is 0.744. The molecule has 2 rings (SSSR count). The molecule has 2 N–H and O–H groups in total. The van der Waals surface area contributed by atoms with Crippen molar-refractivity contribution < 1.29 is 9.84 Å². The van der Waals surface area contributed by atoms with Crippen LogP contribution in [0.1, 0.15) is 12.7 Å². The molecule has 0 aliphatic rings. The fraction of sp³-hybridized carbons (Fsp3) is 0.533. The van der Waals surface area contributed by atoms with Crippen molar-refractivity contribution in [2.75, 3.05) is 26.8 Å². The van der Waals surface area contributed by atoms with Crippen LogP contribution < -0.4 is 5.32 Å². The van der Waals surface area contributed by atoms with Crippen molar-refractivity contribution in [3.8, 4) is 0 Å². The molecule has 5 nitrogen and oxygen atoms in total. The van der Waals surface area contributed by atoms with Gasteiger partial charge in [-0.05, 0) is 19.1 Å². The molecule has 5 heteroatoms. The molecule has 0 saturated heterocycles. The van der Waals surface area contributed by atoms with Gasteiger partial charge in [0.15, 0.2) is 0 Å². The average molecular weight is 277 g/mol. The molecule has 0 fully saturated rings. The summed E-state index contributed by atoms with van der Waals surface area (Å²) in [7, 11) is 3.65. The lowest BCUT2D eigenvalue weighted by Crippen LogP contribution is -2.41. The number of hydrogen-bond donors (Lipinski definition) is 2. The Kier molecular flexibility index (Phi) is 4.75. The van der Waals surface area contributed by atoms with Gasteiger partial charge in [-0.1, -0.05) is 12.1 Å². The van der Waals surface area contributed by atoms with Crippen LogP contribution >= 0.6 is 0 Å². The first-order valence-corrected chi connectivity index (χ1v) is 6.86. The maximum absolute atomic E-state index is 10.5. The van der Waals surface area contributed by atoms with E-state index in [9.17, 15) is 5.11 Å². The Morgan fingerprint density at radius 2 is 2.15 bits per heavy atom. The number of fused-ring (bicyclic) bond motifs is 1. The van der Waals surface area contributed by atoms with Crippen LogP contribution in [-0.2, 0) is 18.2 Å². The van der Waals surface area contributed by atoms with Gasteiger partial charge in [0.05, 0.1) is 23.2 Å². The molecule has 1 heterocycles. The summed E-state index contributed by atoms with van der Waals surface area (Å²) < 4.78 is 7.01. The number of benzene rings is 1. The summed E-state index contributed by atoms with van der Waals surface area (Å²) in [5.41, 5.74) is 1.22. The standard InChI is InChI=1S/C15H23N3O2/c1-15(19,11-16-8-9-20-3)10-14-17-12-6-4-5-7-13(12)18(14)2/h4-7,16,19H,8-11H2,1-3H3. The zero-order valence-electron chi connectivity index (χ0n) is 12.4. The van der Waals surface area contributed by atoms with Gasteiger partial charge in [-0.2, -0.15) is 0 Å². The Labute approximate surface area is 119 Å². The molecule has 0 radical (unpaired) electrons. The van der Waals surface area contributed by atoms with Gasteiger partial charge >= 0.3 is 0 Å². The van der Waals surface area contributed by atoms with E-state index in [1.165, 1.54) is 0 Å². The van der Waals surface area contributed by atoms with Gasteiger partial charge in [0.2, 0.25) is 0 Å². The molecule has 1 aromatic heterocycles. The van der Waals surface area contributed by atoms with Crippen molar-refractivity contribution in [3.05, 3.63) is 30.1 Å². The van der Waals surface area contributed by atoms with Gasteiger partial charge in [0.25, 0.3) is 0 Å². The molecular formula is C15H23N3O2. The van der Waals surface area contributed by atoms with E-state index in [0.29, 0.717) is 19.6 Å². The van der Waals surface area contributed by atoms with Crippen molar-refractivity contribution in [1.82, 2.24) is 14.9 Å². The normalized spacial score (nSPS) is 14.6. The molecule has 20 heavy (non-hydrogen) atoms. The molecule has 0 bridgehead atoms. The van der Waals surface area contributed by atoms with Crippen molar-refractivity contribution in [1.29, 1.82) is 0 Å². The zero-order chi connectivity index (χ0) is 14.6. The van der Waals surface area contributed by atoms with E-state index in [1.54, 1.807) is 7.11 Å². The average Bonchev–Trinajstić information content (AvgIpc) is 2.72. The maximum atomic E-state index is 10.5. The lowest BCUT2D eigenvalue weighted by molar-refractivity contribution is 0.0556. The summed E-state index contributed by atoms with van der Waals surface area (Å²) in [4.78, 5) is 4.59. The molecule has 110 valence electrons. The number of aryl methyl sites for hydroxylation is 1. The van der Waals surface area contributed by atoms with Crippen molar-refractivity contribution in [3.63, 3.8) is 0 Å². The molecule has 2 aromatic rings. The van der Waals surface area contributed by atoms with Gasteiger partial charge in [0.1, 0.15) is 5.82 Å². The maximum Gasteiger partial charge on any atom is 0.112 e. The Morgan fingerprint density at radius 3 is 2.85 bits per heavy atom. The van der Waals surface area contributed by atoms with Crippen LogP contribution in [0.2, 0.25) is 0 Å². The third-order valence-electron chi connectivity index (χ3n) is 3.41. The summed E-state index contributed by atoms with van der Waals surface area (Å²) in [5.74, 6) is 0.893. The van der Waals surface area contributed by atoms with Crippen molar-refractivity contribution in [2.24, 2.45) is 7.05 Å². The summed E-state index contributed by atoms with van der Waals surface area (Å²) in [6.07, 6.45) is 0.512. The molecule has 0 aliphatic heterocycles. The molecule has 0 saturated carbocycles. The predicted octanol–water partition coefficient (Wildman–Crippen LogP) is 1.10. The molecular weight excluding hydrogens is 254 g/mol. The van der Waals surface area contributed by atoms with Crippen LogP contribution in [0.5, 0.6) is 0 Å². The lowest BCUT2D eigenvalue weighted by atomic mass is 10.0. The number of imidazole rings is 1. The number of para-hydroxylation sites is 2. The second-order valence-electron chi connectivity index (χ2n) is 5.42. The first-order valence-electron chi connectivity index (χ1n) is 6.86. The predicted molar refractivity (Wildman–Crippen MR) is 79.8 cm³/mol. The van der Waals surface area contributed by atoms with Gasteiger partial charge in [-0.3, -0.25) is 0 Å². The molecule has 0 spiro atoms. The fourth-order valence-electron chi connectivity index (χ4n) is 2.29. The number of nitrogens with one attached hydrogen (secondary N) is 1. The van der Waals surface area contributed by atoms with E-state index in [0.717, 1.165) is 23.4 Å². The minimum absolute atomic E-state index is 0.512. The van der Waals surface area contributed by atoms with Gasteiger partial charge in [-0.25, -0.2) is 4.98 Å². The number of methoxy groups -OCH3 is 1. The lowest BCUT2D eigenvalue weighted by Gasteiger charge is -2.23. The highest BCUT2D eigenvalue weighted by Crippen LogP contribution is 2.18. The Bertz CT molecular complexity index is 563. The van der Waals surface area contributed by atoms with E-state index in [1.807, 2.05) is 42.8 Å². The van der Waals surface area contributed by atoms with E-state index in [-0.39, 0.29) is 0 Å². The summed E-state index contributed by atoms with van der Waals surface area (Å²) in [6.45, 7) is 3.71. The Morgan fingerprint density at radius 1 is 1.40 bits per heavy atom. The van der Waals surface area contributed by atoms with E-state index >= 15 is 0 Å². The smallest absolute Gasteiger partial charge is 0.112 e. The first-order chi connectivity index (χ1) is 9.53. The Hall–Kier alpha value is -1.43. The van der Waals surface area contributed by atoms with Gasteiger partial charge in [0, 0.05) is 33.7 Å². The number of nitrogens with zero attached hydrogens (tertiary/aromatic N) is 2. The van der Waals surface area contributed by atoms with Crippen LogP contribution in [0.3, 0.4) is 0 Å². The Balaban J connectivity index is 2.05. The molecule has 1 aromatic carbocycles. The second kappa shape index (κ2) is 6.35. The molecule has 1 unspecified atom stereocenters. The highest BCUT2D eigenvalue weighted by atomic mass is 16.5. The monoisotopic (exact) mass is 277 g/mol. The van der Waals surface area contributed by atoms with E-state index in [2.05, 4.69) is 10.3 Å². The highest BCUT2D eigenvalue weighted by Gasteiger charge is 2.23. The molecule has 0 aliphatic carbocycles. The van der Waals surface area contributed by atoms with Crippen LogP contribution in [0.4, 0.5) is 0 Å². The topological polar surface area (TPSA) is 59.3 Å². The molecule has 0 amide bonds. The van der Waals surface area contributed by atoms with Crippen LogP contribution in [0.25, 0.3) is 11.0 Å². The van der Waals surface area contributed by atoms with Crippen molar-refractivity contribution in [2.45, 2.75) is 18.9 Å². The minimum Gasteiger partial charge on any atom is -0.388 e. The van der Waals surface area contributed by atoms with Gasteiger partial charge < -0.3 is 19.7 Å². The second-order valence-corrected chi connectivity index (χ2v) is 5.42. The van der Waals surface area contributed by atoms with Crippen molar-refractivity contribution >= 4 is 11.0 Å². The first kappa shape index (κ1) is 15.0. The largest absolute Gasteiger partial charge is 0.388 e. The minimum atomic E-state index is -0.830. The summed E-state index contributed by atoms with van der Waals surface area (Å²) in [6, 6.07) is 8.00. The summed E-state index contributed by atoms with van der Waals surface area (Å²) in [5, 5.41) is 13.6. The number of rotatable bonds is 7. The SMILES string of the molecule is COCCNCC(C)(O)Cc1nc2ccccc2n1C. The third kappa shape index (κ3) is 3.56. The zero-order valence-corrected chi connectivity index (χ0v) is 12.4. The van der Waals surface area contributed by atoms with Crippen LogP contribution in [0, 0.1) is 0 Å². The van der Waals surface area contributed by atoms with E-state index in [4.69, 9.17) is 4.74 Å². The number of aliphatic hydroxyl groups is 1. The highest BCUT2D eigenvalue weighted by molar-refractivity contribution is 5.75. The van der Waals surface area contributed by atoms with Gasteiger partial charge in [-0.15, -0.1) is 0 Å². The number of ether oxygens (including phenoxy) is 1. The summed E-state index contributed by atoms with van der Waals surface area (Å²) >= 11 is 0. The van der Waals surface area contributed by atoms with Crippen LogP contribution in [-0.4, -0.2) is 47.1 Å². The number of hydrogen-bond acceptors (Lipinski definition) is 4. The van der Waals surface area contributed by atoms with E-state index < -0.39 is 5.60 Å². The van der Waals surface area contributed by atoms with Crippen LogP contribution in [0.15, 0.2) is 24.3 Å². The molecule has 1 atom stereocenters. The third-order valence-corrected chi connectivity index (χ3v) is 3.41.